The van der Waals surface area contributed by atoms with Gasteiger partial charge in [-0.2, -0.15) is 0 Å². The SMILES string of the molecule is CCC1C2CCC[C@@]2(C)CCC1[C@@]1(C)CCCCC1CC. The molecule has 0 heterocycles. The molecule has 21 heavy (non-hydrogen) atoms. The molecule has 0 radical (unpaired) electrons. The van der Waals surface area contributed by atoms with E-state index in [-0.39, 0.29) is 0 Å². The maximum Gasteiger partial charge on any atom is -0.0267 e. The van der Waals surface area contributed by atoms with Gasteiger partial charge in [0, 0.05) is 0 Å². The number of hydrogen-bond acceptors (Lipinski definition) is 0. The fourth-order valence-electron chi connectivity index (χ4n) is 7.26. The standard InChI is InChI=1S/C21H38/c1-5-16-10-7-8-14-21(16,4)19-12-15-20(3)13-9-11-18(20)17(19)6-2/h16-19H,5-15H2,1-4H3/t16?,17?,18?,19?,20-,21-/m0/s1. The molecule has 3 fully saturated rings. The molecule has 0 nitrogen and oxygen atoms in total. The first kappa shape index (κ1) is 15.9. The largest absolute Gasteiger partial charge is 0.0651 e. The summed E-state index contributed by atoms with van der Waals surface area (Å²) in [7, 11) is 0. The molecule has 0 heteroatoms. The van der Waals surface area contributed by atoms with Crippen molar-refractivity contribution in [1.82, 2.24) is 0 Å². The molecule has 0 aromatic rings. The van der Waals surface area contributed by atoms with Gasteiger partial charge in [-0.05, 0) is 73.0 Å². The molecule has 122 valence electrons. The zero-order valence-corrected chi connectivity index (χ0v) is 15.1. The van der Waals surface area contributed by atoms with Crippen molar-refractivity contribution in [3.8, 4) is 0 Å². The van der Waals surface area contributed by atoms with Crippen LogP contribution < -0.4 is 0 Å². The maximum absolute atomic E-state index is 2.70. The summed E-state index contributed by atoms with van der Waals surface area (Å²) in [4.78, 5) is 0. The second kappa shape index (κ2) is 5.89. The molecule has 6 atom stereocenters. The lowest BCUT2D eigenvalue weighted by Gasteiger charge is -2.56. The van der Waals surface area contributed by atoms with Crippen molar-refractivity contribution < 1.29 is 0 Å². The first-order valence-corrected chi connectivity index (χ1v) is 10.0. The Balaban J connectivity index is 1.86. The van der Waals surface area contributed by atoms with E-state index >= 15 is 0 Å². The normalized spacial score (nSPS) is 50.9. The Morgan fingerprint density at radius 3 is 2.29 bits per heavy atom. The molecule has 0 aliphatic heterocycles. The number of hydrogen-bond donors (Lipinski definition) is 0. The lowest BCUT2D eigenvalue weighted by molar-refractivity contribution is -0.0678. The zero-order chi connectivity index (χ0) is 15.1. The van der Waals surface area contributed by atoms with Crippen LogP contribution in [-0.4, -0.2) is 0 Å². The first-order valence-electron chi connectivity index (χ1n) is 10.0. The summed E-state index contributed by atoms with van der Waals surface area (Å²) in [6, 6.07) is 0. The molecular weight excluding hydrogens is 252 g/mol. The predicted octanol–water partition coefficient (Wildman–Crippen LogP) is 6.84. The Morgan fingerprint density at radius 1 is 0.762 bits per heavy atom. The van der Waals surface area contributed by atoms with E-state index < -0.39 is 0 Å². The molecule has 0 aromatic heterocycles. The van der Waals surface area contributed by atoms with Crippen molar-refractivity contribution in [2.45, 2.75) is 98.3 Å². The third kappa shape index (κ3) is 2.49. The van der Waals surface area contributed by atoms with Crippen LogP contribution in [-0.2, 0) is 0 Å². The van der Waals surface area contributed by atoms with Crippen LogP contribution in [0, 0.1) is 34.5 Å². The van der Waals surface area contributed by atoms with E-state index in [0.29, 0.717) is 10.8 Å². The quantitative estimate of drug-likeness (QED) is 0.534. The van der Waals surface area contributed by atoms with Crippen molar-refractivity contribution >= 4 is 0 Å². The molecule has 3 aliphatic carbocycles. The second-order valence-corrected chi connectivity index (χ2v) is 9.23. The van der Waals surface area contributed by atoms with Gasteiger partial charge in [0.15, 0.2) is 0 Å². The van der Waals surface area contributed by atoms with E-state index in [2.05, 4.69) is 27.7 Å². The van der Waals surface area contributed by atoms with Crippen molar-refractivity contribution in [3.05, 3.63) is 0 Å². The van der Waals surface area contributed by atoms with E-state index in [1.807, 2.05) is 0 Å². The van der Waals surface area contributed by atoms with Crippen molar-refractivity contribution in [2.24, 2.45) is 34.5 Å². The zero-order valence-electron chi connectivity index (χ0n) is 15.1. The molecular formula is C21H38. The minimum Gasteiger partial charge on any atom is -0.0651 e. The Morgan fingerprint density at radius 2 is 1.57 bits per heavy atom. The average Bonchev–Trinajstić information content (AvgIpc) is 2.88. The lowest BCUT2D eigenvalue weighted by Crippen LogP contribution is -2.48. The second-order valence-electron chi connectivity index (χ2n) is 9.23. The molecule has 0 spiro atoms. The fraction of sp³-hybridized carbons (Fsp3) is 1.00. The molecule has 0 amide bonds. The van der Waals surface area contributed by atoms with Crippen LogP contribution >= 0.6 is 0 Å². The van der Waals surface area contributed by atoms with Crippen molar-refractivity contribution in [2.75, 3.05) is 0 Å². The smallest absolute Gasteiger partial charge is 0.0267 e. The highest BCUT2D eigenvalue weighted by atomic mass is 14.6. The summed E-state index contributed by atoms with van der Waals surface area (Å²) in [6.45, 7) is 10.3. The Kier molecular flexibility index (Phi) is 4.46. The van der Waals surface area contributed by atoms with Gasteiger partial charge in [-0.3, -0.25) is 0 Å². The highest BCUT2D eigenvalue weighted by molar-refractivity contribution is 5.03. The molecule has 0 N–H and O–H groups in total. The third-order valence-corrected chi connectivity index (χ3v) is 8.48. The Labute approximate surface area is 133 Å². The van der Waals surface area contributed by atoms with Crippen LogP contribution in [0.1, 0.15) is 98.3 Å². The Hall–Kier alpha value is 0. The van der Waals surface area contributed by atoms with Gasteiger partial charge in [-0.1, -0.05) is 59.8 Å². The van der Waals surface area contributed by atoms with Gasteiger partial charge in [0.2, 0.25) is 0 Å². The molecule has 3 aliphatic rings. The number of fused-ring (bicyclic) bond motifs is 1. The Bertz CT molecular complexity index is 359. The monoisotopic (exact) mass is 290 g/mol. The molecule has 4 unspecified atom stereocenters. The van der Waals surface area contributed by atoms with Crippen molar-refractivity contribution in [1.29, 1.82) is 0 Å². The van der Waals surface area contributed by atoms with E-state index in [4.69, 9.17) is 0 Å². The topological polar surface area (TPSA) is 0 Å². The molecule has 3 saturated carbocycles. The van der Waals surface area contributed by atoms with Gasteiger partial charge < -0.3 is 0 Å². The van der Waals surface area contributed by atoms with Crippen molar-refractivity contribution in [3.63, 3.8) is 0 Å². The summed E-state index contributed by atoms with van der Waals surface area (Å²) in [5.41, 5.74) is 1.38. The van der Waals surface area contributed by atoms with E-state index in [1.54, 1.807) is 12.8 Å². The van der Waals surface area contributed by atoms with Crippen LogP contribution in [0.25, 0.3) is 0 Å². The van der Waals surface area contributed by atoms with E-state index in [9.17, 15) is 0 Å². The van der Waals surface area contributed by atoms with Gasteiger partial charge in [0.1, 0.15) is 0 Å². The summed E-state index contributed by atoms with van der Waals surface area (Å²) >= 11 is 0. The predicted molar refractivity (Wildman–Crippen MR) is 92.3 cm³/mol. The van der Waals surface area contributed by atoms with Gasteiger partial charge >= 0.3 is 0 Å². The molecule has 3 rings (SSSR count). The molecule has 0 aromatic carbocycles. The minimum absolute atomic E-state index is 0.664. The van der Waals surface area contributed by atoms with Gasteiger partial charge in [-0.15, -0.1) is 0 Å². The van der Waals surface area contributed by atoms with Crippen LogP contribution in [0.5, 0.6) is 0 Å². The van der Waals surface area contributed by atoms with Gasteiger partial charge in [0.25, 0.3) is 0 Å². The number of rotatable bonds is 3. The lowest BCUT2D eigenvalue weighted by atomic mass is 9.49. The highest BCUT2D eigenvalue weighted by Crippen LogP contribution is 2.63. The average molecular weight is 291 g/mol. The van der Waals surface area contributed by atoms with Gasteiger partial charge in [0.05, 0.1) is 0 Å². The van der Waals surface area contributed by atoms with Crippen LogP contribution in [0.3, 0.4) is 0 Å². The molecule has 0 bridgehead atoms. The first-order chi connectivity index (χ1) is 10.0. The molecule has 0 saturated heterocycles. The summed E-state index contributed by atoms with van der Waals surface area (Å²) in [5, 5.41) is 0. The highest BCUT2D eigenvalue weighted by Gasteiger charge is 2.54. The van der Waals surface area contributed by atoms with Gasteiger partial charge in [-0.25, -0.2) is 0 Å². The summed E-state index contributed by atoms with van der Waals surface area (Å²) in [5.74, 6) is 4.13. The van der Waals surface area contributed by atoms with Crippen LogP contribution in [0.4, 0.5) is 0 Å². The minimum atomic E-state index is 0.664. The third-order valence-electron chi connectivity index (χ3n) is 8.48. The van der Waals surface area contributed by atoms with Crippen LogP contribution in [0.15, 0.2) is 0 Å². The van der Waals surface area contributed by atoms with E-state index in [0.717, 1.165) is 23.7 Å². The van der Waals surface area contributed by atoms with Crippen LogP contribution in [0.2, 0.25) is 0 Å². The maximum atomic E-state index is 2.70. The summed E-state index contributed by atoms with van der Waals surface area (Å²) < 4.78 is 0. The summed E-state index contributed by atoms with van der Waals surface area (Å²) in [6.07, 6.45) is 16.6. The fourth-order valence-corrected chi connectivity index (χ4v) is 7.26. The van der Waals surface area contributed by atoms with E-state index in [1.165, 1.54) is 57.8 Å².